The first-order chi connectivity index (χ1) is 21.9. The topological polar surface area (TPSA) is 129 Å². The lowest BCUT2D eigenvalue weighted by Crippen LogP contribution is -2.56. The fourth-order valence-corrected chi connectivity index (χ4v) is 6.74. The third-order valence-electron chi connectivity index (χ3n) is 7.95. The van der Waals surface area contributed by atoms with Crippen LogP contribution in [0.25, 0.3) is 0 Å². The molecule has 1 aromatic carbocycles. The van der Waals surface area contributed by atoms with E-state index in [0.717, 1.165) is 42.0 Å². The van der Waals surface area contributed by atoms with Gasteiger partial charge in [-0.05, 0) is 63.1 Å². The van der Waals surface area contributed by atoms with Crippen molar-refractivity contribution in [3.05, 3.63) is 69.7 Å². The highest BCUT2D eigenvalue weighted by atomic mass is 35.5. The number of nitrogens with one attached hydrogen (secondary N) is 4. The standard InChI is InChI=1S/C34H48ClN5O4S2/c1-22(2)19-30(33(43)38-28-12-7-6-11-27(28)25-9-8-10-26(35)20-25)40-32(42)29(15-18-46(5)44)39-31(41)24(4)14-13-23(3)21-37-34-36-16-17-45-34/h8-10,13-14,16-17,20,22,27-30H,6-7,11-12,15,18-19,21H2,1-5H3,(H,36,37)(H,38,43)(H,39,41)(H,40,42)/b23-13+,24-14+/t27?,28-,29?,30+,46?/m1/s1. The summed E-state index contributed by atoms with van der Waals surface area (Å²) in [4.78, 5) is 44.7. The van der Waals surface area contributed by atoms with Crippen molar-refractivity contribution in [3.8, 4) is 0 Å². The molecule has 9 nitrogen and oxygen atoms in total. The Morgan fingerprint density at radius 1 is 1.09 bits per heavy atom. The summed E-state index contributed by atoms with van der Waals surface area (Å²) in [5.74, 6) is -0.626. The van der Waals surface area contributed by atoms with Crippen LogP contribution < -0.4 is 21.3 Å². The molecule has 1 aromatic heterocycles. The summed E-state index contributed by atoms with van der Waals surface area (Å²) in [6, 6.07) is 5.97. The number of carbonyl (C=O) groups is 3. The molecule has 0 bridgehead atoms. The predicted octanol–water partition coefficient (Wildman–Crippen LogP) is 5.73. The van der Waals surface area contributed by atoms with Crippen molar-refractivity contribution in [2.45, 2.75) is 90.3 Å². The van der Waals surface area contributed by atoms with Crippen LogP contribution in [0.4, 0.5) is 5.13 Å². The van der Waals surface area contributed by atoms with Crippen LogP contribution in [0.5, 0.6) is 0 Å². The van der Waals surface area contributed by atoms with Crippen LogP contribution in [0.3, 0.4) is 0 Å². The van der Waals surface area contributed by atoms with E-state index in [1.54, 1.807) is 25.5 Å². The van der Waals surface area contributed by atoms with Gasteiger partial charge in [0.25, 0.3) is 0 Å². The highest BCUT2D eigenvalue weighted by Gasteiger charge is 2.32. The Hall–Kier alpha value is -3.02. The maximum absolute atomic E-state index is 13.7. The molecule has 0 aliphatic heterocycles. The van der Waals surface area contributed by atoms with E-state index in [1.165, 1.54) is 11.3 Å². The smallest absolute Gasteiger partial charge is 0.247 e. The van der Waals surface area contributed by atoms with Crippen LogP contribution in [-0.4, -0.2) is 63.6 Å². The van der Waals surface area contributed by atoms with E-state index in [1.807, 2.05) is 56.5 Å². The fourth-order valence-electron chi connectivity index (χ4n) is 5.45. The minimum atomic E-state index is -1.17. The predicted molar refractivity (Wildman–Crippen MR) is 190 cm³/mol. The molecule has 1 heterocycles. The Morgan fingerprint density at radius 2 is 1.85 bits per heavy atom. The fraction of sp³-hybridized carbons (Fsp3) is 0.529. The van der Waals surface area contributed by atoms with E-state index in [4.69, 9.17) is 11.6 Å². The molecule has 1 fully saturated rings. The van der Waals surface area contributed by atoms with Crippen LogP contribution in [0.1, 0.15) is 77.7 Å². The first kappa shape index (κ1) is 37.4. The second-order valence-electron chi connectivity index (χ2n) is 12.4. The SMILES string of the molecule is C/C(=C\C=C(/C)C(=O)NC(CCS(C)=O)C(=O)N[C@@H](CC(C)C)C(=O)N[C@@H]1CCCCC1c1cccc(Cl)c1)CNc1nccs1. The van der Waals surface area contributed by atoms with Gasteiger partial charge in [0.2, 0.25) is 17.7 Å². The van der Waals surface area contributed by atoms with Crippen molar-refractivity contribution in [3.63, 3.8) is 0 Å². The summed E-state index contributed by atoms with van der Waals surface area (Å²) in [5, 5.41) is 15.6. The van der Waals surface area contributed by atoms with Crippen molar-refractivity contribution < 1.29 is 18.6 Å². The third-order valence-corrected chi connectivity index (χ3v) is 9.73. The number of hydrogen-bond acceptors (Lipinski definition) is 7. The number of nitrogens with zero attached hydrogens (tertiary/aromatic N) is 1. The monoisotopic (exact) mass is 689 g/mol. The quantitative estimate of drug-likeness (QED) is 0.132. The number of carbonyl (C=O) groups excluding carboxylic acids is 3. The normalized spacial score (nSPS) is 19.2. The second-order valence-corrected chi connectivity index (χ2v) is 15.3. The first-order valence-electron chi connectivity index (χ1n) is 15.9. The van der Waals surface area contributed by atoms with Crippen molar-refractivity contribution >= 4 is 56.6 Å². The molecule has 2 aromatic rings. The van der Waals surface area contributed by atoms with Gasteiger partial charge in [0.15, 0.2) is 5.13 Å². The van der Waals surface area contributed by atoms with Crippen LogP contribution in [0.15, 0.2) is 59.1 Å². The molecular weight excluding hydrogens is 642 g/mol. The molecule has 5 atom stereocenters. The molecule has 0 spiro atoms. The summed E-state index contributed by atoms with van der Waals surface area (Å²) in [5.41, 5.74) is 2.52. The number of halogens is 1. The molecule has 1 aliphatic rings. The van der Waals surface area contributed by atoms with Crippen molar-refractivity contribution in [1.29, 1.82) is 0 Å². The number of benzene rings is 1. The minimum Gasteiger partial charge on any atom is -0.358 e. The zero-order valence-electron chi connectivity index (χ0n) is 27.4. The number of amides is 3. The maximum atomic E-state index is 13.7. The summed E-state index contributed by atoms with van der Waals surface area (Å²) in [7, 11) is -1.17. The van der Waals surface area contributed by atoms with Gasteiger partial charge < -0.3 is 21.3 Å². The van der Waals surface area contributed by atoms with Gasteiger partial charge in [-0.3, -0.25) is 18.6 Å². The van der Waals surface area contributed by atoms with Gasteiger partial charge >= 0.3 is 0 Å². The van der Waals surface area contributed by atoms with Gasteiger partial charge in [-0.2, -0.15) is 0 Å². The Balaban J connectivity index is 1.69. The number of allylic oxidation sites excluding steroid dienone is 2. The molecule has 3 rings (SSSR count). The Labute approximate surface area is 284 Å². The van der Waals surface area contributed by atoms with Crippen molar-refractivity contribution in [2.24, 2.45) is 5.92 Å². The van der Waals surface area contributed by atoms with Gasteiger partial charge in [0, 0.05) is 63.5 Å². The maximum Gasteiger partial charge on any atom is 0.247 e. The minimum absolute atomic E-state index is 0.0784. The molecule has 4 N–H and O–H groups in total. The van der Waals surface area contributed by atoms with Crippen LogP contribution in [-0.2, 0) is 25.2 Å². The zero-order chi connectivity index (χ0) is 33.6. The van der Waals surface area contributed by atoms with Gasteiger partial charge in [-0.15, -0.1) is 11.3 Å². The zero-order valence-corrected chi connectivity index (χ0v) is 29.8. The third kappa shape index (κ3) is 12.6. The second kappa shape index (κ2) is 19.0. The average Bonchev–Trinajstić information content (AvgIpc) is 3.54. The molecule has 1 saturated carbocycles. The number of aromatic nitrogens is 1. The van der Waals surface area contributed by atoms with Crippen LogP contribution in [0, 0.1) is 5.92 Å². The highest BCUT2D eigenvalue weighted by molar-refractivity contribution is 7.84. The number of rotatable bonds is 16. The number of anilines is 1. The molecule has 3 unspecified atom stereocenters. The molecule has 46 heavy (non-hydrogen) atoms. The lowest BCUT2D eigenvalue weighted by molar-refractivity contribution is -0.132. The van der Waals surface area contributed by atoms with E-state index in [0.29, 0.717) is 23.6 Å². The van der Waals surface area contributed by atoms with E-state index in [-0.39, 0.29) is 36.0 Å². The van der Waals surface area contributed by atoms with Crippen LogP contribution >= 0.6 is 22.9 Å². The summed E-state index contributed by atoms with van der Waals surface area (Å²) in [6.07, 6.45) is 11.3. The van der Waals surface area contributed by atoms with E-state index in [9.17, 15) is 18.6 Å². The Kier molecular flexibility index (Phi) is 15.4. The van der Waals surface area contributed by atoms with E-state index < -0.39 is 34.7 Å². The first-order valence-corrected chi connectivity index (χ1v) is 18.9. The lowest BCUT2D eigenvalue weighted by atomic mass is 9.80. The van der Waals surface area contributed by atoms with Gasteiger partial charge in [0.1, 0.15) is 12.1 Å². The molecule has 0 saturated heterocycles. The van der Waals surface area contributed by atoms with Gasteiger partial charge in [-0.1, -0.05) is 68.1 Å². The largest absolute Gasteiger partial charge is 0.358 e. The molecular formula is C34H48ClN5O4S2. The summed E-state index contributed by atoms with van der Waals surface area (Å²) >= 11 is 7.79. The number of thiazole rings is 1. The van der Waals surface area contributed by atoms with E-state index >= 15 is 0 Å². The van der Waals surface area contributed by atoms with Crippen molar-refractivity contribution in [2.75, 3.05) is 23.9 Å². The number of hydrogen-bond donors (Lipinski definition) is 4. The average molecular weight is 690 g/mol. The Morgan fingerprint density at radius 3 is 2.52 bits per heavy atom. The Bertz CT molecular complexity index is 1400. The molecule has 0 radical (unpaired) electrons. The highest BCUT2D eigenvalue weighted by Crippen LogP contribution is 2.34. The van der Waals surface area contributed by atoms with Gasteiger partial charge in [0.05, 0.1) is 0 Å². The molecule has 3 amide bonds. The summed E-state index contributed by atoms with van der Waals surface area (Å²) in [6.45, 7) is 8.19. The van der Waals surface area contributed by atoms with Crippen LogP contribution in [0.2, 0.25) is 5.02 Å². The van der Waals surface area contributed by atoms with Gasteiger partial charge in [-0.25, -0.2) is 4.98 Å². The van der Waals surface area contributed by atoms with Crippen molar-refractivity contribution in [1.82, 2.24) is 20.9 Å². The molecule has 12 heteroatoms. The molecule has 252 valence electrons. The lowest BCUT2D eigenvalue weighted by Gasteiger charge is -2.34. The summed E-state index contributed by atoms with van der Waals surface area (Å²) < 4.78 is 11.9. The van der Waals surface area contributed by atoms with E-state index in [2.05, 4.69) is 26.3 Å². The molecule has 1 aliphatic carbocycles.